The summed E-state index contributed by atoms with van der Waals surface area (Å²) in [5.41, 5.74) is 2.98. The lowest BCUT2D eigenvalue weighted by Gasteiger charge is -2.32. The zero-order valence-corrected chi connectivity index (χ0v) is 18.8. The molecule has 1 aromatic heterocycles. The fourth-order valence-corrected chi connectivity index (χ4v) is 4.61. The van der Waals surface area contributed by atoms with Gasteiger partial charge >= 0.3 is 0 Å². The summed E-state index contributed by atoms with van der Waals surface area (Å²) in [6, 6.07) is 19.9. The van der Waals surface area contributed by atoms with E-state index in [4.69, 9.17) is 0 Å². The molecule has 1 N–H and O–H groups in total. The Labute approximate surface area is 188 Å². The molecule has 8 heteroatoms. The molecule has 166 valence electrons. The molecule has 0 atom stereocenters. The van der Waals surface area contributed by atoms with Crippen molar-refractivity contribution in [2.45, 2.75) is 11.4 Å². The zero-order valence-electron chi connectivity index (χ0n) is 17.9. The first-order chi connectivity index (χ1) is 15.4. The number of carbonyl (C=O) groups is 1. The summed E-state index contributed by atoms with van der Waals surface area (Å²) in [4.78, 5) is 21.2. The number of likely N-dealkylation sites (N-methyl/N-ethyl adjacent to an activating group) is 1. The highest BCUT2D eigenvalue weighted by atomic mass is 32.2. The number of benzene rings is 2. The van der Waals surface area contributed by atoms with Gasteiger partial charge in [-0.1, -0.05) is 42.5 Å². The van der Waals surface area contributed by atoms with Crippen molar-refractivity contribution in [3.05, 3.63) is 84.2 Å². The molecule has 3 aromatic rings. The van der Waals surface area contributed by atoms with Crippen molar-refractivity contribution in [3.8, 4) is 11.1 Å². The first-order valence-electron chi connectivity index (χ1n) is 10.5. The summed E-state index contributed by atoms with van der Waals surface area (Å²) in [7, 11) is -1.67. The molecule has 0 unspecified atom stereocenters. The second kappa shape index (κ2) is 9.60. The maximum atomic E-state index is 12.8. The quantitative estimate of drug-likeness (QED) is 0.624. The molecule has 1 fully saturated rings. The zero-order chi connectivity index (χ0) is 22.6. The number of hydrogen-bond donors (Lipinski definition) is 1. The van der Waals surface area contributed by atoms with Crippen LogP contribution in [0.1, 0.15) is 16.1 Å². The Morgan fingerprint density at radius 2 is 1.59 bits per heavy atom. The average Bonchev–Trinajstić information content (AvgIpc) is 2.84. The van der Waals surface area contributed by atoms with Crippen molar-refractivity contribution in [3.63, 3.8) is 0 Å². The van der Waals surface area contributed by atoms with Crippen LogP contribution in [0.4, 0.5) is 0 Å². The van der Waals surface area contributed by atoms with E-state index in [1.165, 1.54) is 0 Å². The van der Waals surface area contributed by atoms with Gasteiger partial charge in [-0.2, -0.15) is 0 Å². The highest BCUT2D eigenvalue weighted by molar-refractivity contribution is 7.89. The second-order valence-corrected chi connectivity index (χ2v) is 9.61. The van der Waals surface area contributed by atoms with E-state index in [1.807, 2.05) is 42.3 Å². The molecule has 32 heavy (non-hydrogen) atoms. The highest BCUT2D eigenvalue weighted by Gasteiger charge is 2.21. The van der Waals surface area contributed by atoms with E-state index in [-0.39, 0.29) is 17.3 Å². The third-order valence-corrected chi connectivity index (χ3v) is 6.99. The van der Waals surface area contributed by atoms with Gasteiger partial charge in [-0.15, -0.1) is 0 Å². The van der Waals surface area contributed by atoms with Gasteiger partial charge in [0, 0.05) is 37.9 Å². The van der Waals surface area contributed by atoms with E-state index in [1.54, 1.807) is 42.6 Å². The number of hydrogen-bond acceptors (Lipinski definition) is 5. The molecule has 0 saturated carbocycles. The van der Waals surface area contributed by atoms with Gasteiger partial charge in [0.25, 0.3) is 5.91 Å². The van der Waals surface area contributed by atoms with Gasteiger partial charge < -0.3 is 9.80 Å². The lowest BCUT2D eigenvalue weighted by Crippen LogP contribution is -2.47. The fourth-order valence-electron chi connectivity index (χ4n) is 3.61. The van der Waals surface area contributed by atoms with E-state index in [0.29, 0.717) is 24.3 Å². The van der Waals surface area contributed by atoms with Crippen LogP contribution in [0.2, 0.25) is 0 Å². The third kappa shape index (κ3) is 5.21. The average molecular weight is 451 g/mol. The van der Waals surface area contributed by atoms with Crippen LogP contribution in [-0.2, 0) is 16.6 Å². The number of nitrogens with zero attached hydrogens (tertiary/aromatic N) is 3. The predicted molar refractivity (Wildman–Crippen MR) is 124 cm³/mol. The number of rotatable bonds is 6. The minimum atomic E-state index is -3.71. The van der Waals surface area contributed by atoms with Crippen molar-refractivity contribution in [1.29, 1.82) is 0 Å². The summed E-state index contributed by atoms with van der Waals surface area (Å²) in [5, 5.41) is 0. The van der Waals surface area contributed by atoms with Crippen molar-refractivity contribution in [2.75, 3.05) is 33.2 Å². The van der Waals surface area contributed by atoms with Crippen LogP contribution in [0.5, 0.6) is 0 Å². The first-order valence-corrected chi connectivity index (χ1v) is 12.0. The van der Waals surface area contributed by atoms with Gasteiger partial charge in [-0.3, -0.25) is 9.78 Å². The Morgan fingerprint density at radius 1 is 0.938 bits per heavy atom. The molecule has 4 rings (SSSR count). The number of amides is 1. The predicted octanol–water partition coefficient (Wildman–Crippen LogP) is 2.61. The minimum Gasteiger partial charge on any atom is -0.336 e. The van der Waals surface area contributed by atoms with Gasteiger partial charge in [0.15, 0.2) is 0 Å². The SMILES string of the molecule is CN1CCN(C(=O)c2ccnc(CNS(=O)(=O)c3ccc(-c4ccccc4)cc3)c2)CC1. The molecule has 2 aromatic carbocycles. The van der Waals surface area contributed by atoms with E-state index < -0.39 is 10.0 Å². The third-order valence-electron chi connectivity index (χ3n) is 5.57. The number of nitrogens with one attached hydrogen (secondary N) is 1. The fraction of sp³-hybridized carbons (Fsp3) is 0.250. The van der Waals surface area contributed by atoms with Crippen molar-refractivity contribution < 1.29 is 13.2 Å². The van der Waals surface area contributed by atoms with Gasteiger partial charge in [-0.05, 0) is 42.4 Å². The molecule has 1 aliphatic rings. The van der Waals surface area contributed by atoms with Crippen molar-refractivity contribution in [2.24, 2.45) is 0 Å². The lowest BCUT2D eigenvalue weighted by atomic mass is 10.1. The van der Waals surface area contributed by atoms with Crippen LogP contribution in [0, 0.1) is 0 Å². The molecule has 1 aliphatic heterocycles. The first kappa shape index (κ1) is 22.1. The van der Waals surface area contributed by atoms with Crippen LogP contribution in [-0.4, -0.2) is 62.3 Å². The Hall–Kier alpha value is -3.07. The Kier molecular flexibility index (Phi) is 6.64. The van der Waals surface area contributed by atoms with E-state index in [0.717, 1.165) is 24.2 Å². The highest BCUT2D eigenvalue weighted by Crippen LogP contribution is 2.21. The Bertz CT molecular complexity index is 1170. The number of sulfonamides is 1. The molecule has 0 aliphatic carbocycles. The summed E-state index contributed by atoms with van der Waals surface area (Å²) in [5.74, 6) is -0.0545. The second-order valence-electron chi connectivity index (χ2n) is 7.85. The van der Waals surface area contributed by atoms with Gasteiger partial charge in [-0.25, -0.2) is 13.1 Å². The van der Waals surface area contributed by atoms with E-state index in [9.17, 15) is 13.2 Å². The topological polar surface area (TPSA) is 82.6 Å². The lowest BCUT2D eigenvalue weighted by molar-refractivity contribution is 0.0664. The molecule has 1 saturated heterocycles. The monoisotopic (exact) mass is 450 g/mol. The molecule has 2 heterocycles. The van der Waals surface area contributed by atoms with Crippen molar-refractivity contribution in [1.82, 2.24) is 19.5 Å². The summed E-state index contributed by atoms with van der Waals surface area (Å²) < 4.78 is 28.0. The van der Waals surface area contributed by atoms with E-state index >= 15 is 0 Å². The van der Waals surface area contributed by atoms with Crippen LogP contribution in [0.15, 0.2) is 77.8 Å². The van der Waals surface area contributed by atoms with Gasteiger partial charge in [0.05, 0.1) is 17.1 Å². The van der Waals surface area contributed by atoms with Crippen molar-refractivity contribution >= 4 is 15.9 Å². The number of carbonyl (C=O) groups excluding carboxylic acids is 1. The Balaban J connectivity index is 1.41. The molecule has 0 spiro atoms. The van der Waals surface area contributed by atoms with Gasteiger partial charge in [0.1, 0.15) is 0 Å². The molecular weight excluding hydrogens is 424 g/mol. The normalized spacial score (nSPS) is 15.0. The van der Waals surface area contributed by atoms with Crippen LogP contribution in [0.3, 0.4) is 0 Å². The maximum Gasteiger partial charge on any atom is 0.254 e. The molecule has 1 amide bonds. The van der Waals surface area contributed by atoms with Crippen LogP contribution in [0.25, 0.3) is 11.1 Å². The Morgan fingerprint density at radius 3 is 2.28 bits per heavy atom. The number of piperazine rings is 1. The molecule has 0 radical (unpaired) electrons. The standard InChI is InChI=1S/C24H26N4O3S/c1-27-13-15-28(16-14-27)24(29)21-11-12-25-22(17-21)18-26-32(30,31)23-9-7-20(8-10-23)19-5-3-2-4-6-19/h2-12,17,26H,13-16,18H2,1H3. The number of pyridine rings is 1. The molecule has 7 nitrogen and oxygen atoms in total. The van der Waals surface area contributed by atoms with E-state index in [2.05, 4.69) is 14.6 Å². The minimum absolute atomic E-state index is 0.00658. The molecular formula is C24H26N4O3S. The number of aromatic nitrogens is 1. The van der Waals surface area contributed by atoms with Crippen LogP contribution < -0.4 is 4.72 Å². The summed E-state index contributed by atoms with van der Waals surface area (Å²) in [6.45, 7) is 3.04. The largest absolute Gasteiger partial charge is 0.336 e. The summed E-state index contributed by atoms with van der Waals surface area (Å²) >= 11 is 0. The summed E-state index contributed by atoms with van der Waals surface area (Å²) in [6.07, 6.45) is 1.54. The van der Waals surface area contributed by atoms with Crippen LogP contribution >= 0.6 is 0 Å². The maximum absolute atomic E-state index is 12.8. The van der Waals surface area contributed by atoms with Gasteiger partial charge in [0.2, 0.25) is 10.0 Å². The molecule has 0 bridgehead atoms. The smallest absolute Gasteiger partial charge is 0.254 e.